The van der Waals surface area contributed by atoms with Gasteiger partial charge in [-0.25, -0.2) is 12.7 Å². The number of hydrogen-bond donors (Lipinski definition) is 0. The van der Waals surface area contributed by atoms with Crippen molar-refractivity contribution in [2.45, 2.75) is 12.8 Å². The maximum absolute atomic E-state index is 11.5. The molecule has 0 bridgehead atoms. The van der Waals surface area contributed by atoms with Crippen molar-refractivity contribution in [3.8, 4) is 5.75 Å². The molecule has 1 amide bonds. The number of benzene rings is 1. The molecule has 98 valence electrons. The van der Waals surface area contributed by atoms with E-state index in [-0.39, 0.29) is 24.6 Å². The van der Waals surface area contributed by atoms with Gasteiger partial charge in [-0.3, -0.25) is 4.79 Å². The molecular weight excluding hydrogens is 254 g/mol. The Labute approximate surface area is 106 Å². The van der Waals surface area contributed by atoms with E-state index >= 15 is 0 Å². The molecular formula is C12H15NO4S. The van der Waals surface area contributed by atoms with Gasteiger partial charge in [0, 0.05) is 19.4 Å². The molecule has 0 aromatic heterocycles. The van der Waals surface area contributed by atoms with Crippen molar-refractivity contribution < 1.29 is 17.9 Å². The molecule has 0 unspecified atom stereocenters. The summed E-state index contributed by atoms with van der Waals surface area (Å²) in [6.45, 7) is 0.595. The summed E-state index contributed by atoms with van der Waals surface area (Å²) in [7, 11) is -3.35. The van der Waals surface area contributed by atoms with Crippen LogP contribution >= 0.6 is 0 Å². The van der Waals surface area contributed by atoms with Gasteiger partial charge in [0.2, 0.25) is 15.9 Å². The Hall–Kier alpha value is -1.56. The number of hydrogen-bond acceptors (Lipinski definition) is 4. The Morgan fingerprint density at radius 3 is 2.56 bits per heavy atom. The largest absolute Gasteiger partial charge is 0.494 e. The van der Waals surface area contributed by atoms with E-state index in [2.05, 4.69) is 0 Å². The molecule has 1 aromatic rings. The molecule has 0 radical (unpaired) electrons. The van der Waals surface area contributed by atoms with Crippen molar-refractivity contribution >= 4 is 15.9 Å². The van der Waals surface area contributed by atoms with E-state index in [1.165, 1.54) is 0 Å². The number of nitrogens with zero attached hydrogens (tertiary/aromatic N) is 1. The fourth-order valence-corrected chi connectivity index (χ4v) is 3.25. The quantitative estimate of drug-likeness (QED) is 0.749. The second-order valence-corrected chi connectivity index (χ2v) is 6.06. The van der Waals surface area contributed by atoms with Gasteiger partial charge in [-0.15, -0.1) is 0 Å². The van der Waals surface area contributed by atoms with E-state index in [0.717, 1.165) is 10.1 Å². The normalized spacial score (nSPS) is 18.0. The minimum Gasteiger partial charge on any atom is -0.494 e. The molecule has 18 heavy (non-hydrogen) atoms. The fraction of sp³-hybridized carbons (Fsp3) is 0.417. The highest BCUT2D eigenvalue weighted by molar-refractivity contribution is 7.90. The smallest absolute Gasteiger partial charge is 0.237 e. The first-order valence-corrected chi connectivity index (χ1v) is 7.41. The van der Waals surface area contributed by atoms with Gasteiger partial charge in [-0.05, 0) is 12.1 Å². The van der Waals surface area contributed by atoms with Crippen molar-refractivity contribution in [3.05, 3.63) is 30.3 Å². The van der Waals surface area contributed by atoms with Gasteiger partial charge in [0.05, 0.1) is 12.4 Å². The Morgan fingerprint density at radius 2 is 1.94 bits per heavy atom. The van der Waals surface area contributed by atoms with E-state index in [1.807, 2.05) is 30.3 Å². The molecule has 0 saturated carbocycles. The van der Waals surface area contributed by atoms with Crippen LogP contribution in [-0.2, 0) is 14.8 Å². The molecule has 0 atom stereocenters. The van der Waals surface area contributed by atoms with E-state index in [1.54, 1.807) is 0 Å². The molecule has 6 heteroatoms. The Kier molecular flexibility index (Phi) is 3.86. The van der Waals surface area contributed by atoms with Crippen LogP contribution in [0.3, 0.4) is 0 Å². The Morgan fingerprint density at radius 1 is 1.22 bits per heavy atom. The maximum atomic E-state index is 11.5. The van der Waals surface area contributed by atoms with Crippen molar-refractivity contribution in [2.75, 3.05) is 18.9 Å². The zero-order chi connectivity index (χ0) is 13.0. The number of amides is 1. The average Bonchev–Trinajstić information content (AvgIpc) is 2.62. The molecule has 1 heterocycles. The van der Waals surface area contributed by atoms with E-state index in [4.69, 9.17) is 4.74 Å². The van der Waals surface area contributed by atoms with Crippen LogP contribution in [0.4, 0.5) is 0 Å². The predicted octanol–water partition coefficient (Wildman–Crippen LogP) is 1.02. The lowest BCUT2D eigenvalue weighted by Gasteiger charge is -2.14. The van der Waals surface area contributed by atoms with Gasteiger partial charge in [-0.1, -0.05) is 18.2 Å². The topological polar surface area (TPSA) is 63.7 Å². The van der Waals surface area contributed by atoms with E-state index < -0.39 is 10.0 Å². The Balaban J connectivity index is 1.78. The van der Waals surface area contributed by atoms with Crippen LogP contribution < -0.4 is 4.74 Å². The van der Waals surface area contributed by atoms with Gasteiger partial charge in [0.15, 0.2) is 0 Å². The second-order valence-electron chi connectivity index (χ2n) is 4.05. The third kappa shape index (κ3) is 3.01. The van der Waals surface area contributed by atoms with E-state index in [9.17, 15) is 13.2 Å². The summed E-state index contributed by atoms with van der Waals surface area (Å²) in [5.41, 5.74) is 0. The zero-order valence-electron chi connectivity index (χ0n) is 9.91. The highest BCUT2D eigenvalue weighted by atomic mass is 32.2. The molecule has 2 rings (SSSR count). The van der Waals surface area contributed by atoms with Gasteiger partial charge in [0.1, 0.15) is 5.75 Å². The minimum atomic E-state index is -3.35. The first-order valence-electron chi connectivity index (χ1n) is 5.81. The number of carbonyl (C=O) groups is 1. The molecule has 1 aliphatic heterocycles. The molecule has 0 N–H and O–H groups in total. The van der Waals surface area contributed by atoms with Gasteiger partial charge in [0.25, 0.3) is 0 Å². The van der Waals surface area contributed by atoms with Crippen LogP contribution in [-0.4, -0.2) is 37.5 Å². The van der Waals surface area contributed by atoms with Gasteiger partial charge >= 0.3 is 0 Å². The number of para-hydroxylation sites is 1. The lowest BCUT2D eigenvalue weighted by atomic mass is 10.3. The van der Waals surface area contributed by atoms with Crippen molar-refractivity contribution in [3.63, 3.8) is 0 Å². The summed E-state index contributed by atoms with van der Waals surface area (Å²) in [6, 6.07) is 9.28. The summed E-state index contributed by atoms with van der Waals surface area (Å²) in [5, 5.41) is 0. The first kappa shape index (κ1) is 12.9. The van der Waals surface area contributed by atoms with Gasteiger partial charge in [-0.2, -0.15) is 0 Å². The third-order valence-electron chi connectivity index (χ3n) is 2.71. The SMILES string of the molecule is O=C1CCS(=O)(=O)N1CCCOc1ccccc1. The molecule has 0 spiro atoms. The number of ether oxygens (including phenoxy) is 1. The van der Waals surface area contributed by atoms with Crippen molar-refractivity contribution in [2.24, 2.45) is 0 Å². The second kappa shape index (κ2) is 5.39. The Bertz CT molecular complexity index is 512. The van der Waals surface area contributed by atoms with Crippen LogP contribution in [0, 0.1) is 0 Å². The van der Waals surface area contributed by atoms with Crippen LogP contribution in [0.25, 0.3) is 0 Å². The summed E-state index contributed by atoms with van der Waals surface area (Å²) >= 11 is 0. The third-order valence-corrected chi connectivity index (χ3v) is 4.48. The molecule has 1 saturated heterocycles. The zero-order valence-corrected chi connectivity index (χ0v) is 10.7. The first-order chi connectivity index (χ1) is 8.59. The standard InChI is InChI=1S/C12H15NO4S/c14-12-7-10-18(15,16)13(12)8-4-9-17-11-5-2-1-3-6-11/h1-3,5-6H,4,7-10H2. The number of sulfonamides is 1. The monoisotopic (exact) mass is 269 g/mol. The predicted molar refractivity (Wildman–Crippen MR) is 66.7 cm³/mol. The number of rotatable bonds is 5. The van der Waals surface area contributed by atoms with Gasteiger partial charge < -0.3 is 4.74 Å². The fourth-order valence-electron chi connectivity index (χ4n) is 1.78. The highest BCUT2D eigenvalue weighted by Crippen LogP contribution is 2.15. The number of carbonyl (C=O) groups excluding carboxylic acids is 1. The molecule has 1 aliphatic rings. The highest BCUT2D eigenvalue weighted by Gasteiger charge is 2.34. The van der Waals surface area contributed by atoms with Crippen LogP contribution in [0.2, 0.25) is 0 Å². The minimum absolute atomic E-state index is 0.0641. The van der Waals surface area contributed by atoms with E-state index in [0.29, 0.717) is 13.0 Å². The molecule has 0 aliphatic carbocycles. The van der Waals surface area contributed by atoms with Crippen LogP contribution in [0.15, 0.2) is 30.3 Å². The van der Waals surface area contributed by atoms with Crippen LogP contribution in [0.5, 0.6) is 5.75 Å². The molecule has 1 fully saturated rings. The molecule has 5 nitrogen and oxygen atoms in total. The lowest BCUT2D eigenvalue weighted by molar-refractivity contribution is -0.125. The maximum Gasteiger partial charge on any atom is 0.237 e. The van der Waals surface area contributed by atoms with Crippen LogP contribution in [0.1, 0.15) is 12.8 Å². The van der Waals surface area contributed by atoms with Crippen molar-refractivity contribution in [1.82, 2.24) is 4.31 Å². The summed E-state index contributed by atoms with van der Waals surface area (Å²) in [4.78, 5) is 11.4. The summed E-state index contributed by atoms with van der Waals surface area (Å²) < 4.78 is 29.4. The molecule has 1 aromatic carbocycles. The summed E-state index contributed by atoms with van der Waals surface area (Å²) in [5.74, 6) is 0.369. The van der Waals surface area contributed by atoms with Crippen molar-refractivity contribution in [1.29, 1.82) is 0 Å². The summed E-state index contributed by atoms with van der Waals surface area (Å²) in [6.07, 6.45) is 0.599. The lowest BCUT2D eigenvalue weighted by Crippen LogP contribution is -2.31. The average molecular weight is 269 g/mol.